The van der Waals surface area contributed by atoms with E-state index < -0.39 is 0 Å². The van der Waals surface area contributed by atoms with Gasteiger partial charge in [0.15, 0.2) is 0 Å². The maximum Gasteiger partial charge on any atom is 0.227 e. The molecule has 0 bridgehead atoms. The fraction of sp³-hybridized carbons (Fsp3) is 0.444. The highest BCUT2D eigenvalue weighted by molar-refractivity contribution is 7.07. The summed E-state index contributed by atoms with van der Waals surface area (Å²) in [4.78, 5) is 21.1. The van der Waals surface area contributed by atoms with Gasteiger partial charge >= 0.3 is 0 Å². The van der Waals surface area contributed by atoms with Crippen molar-refractivity contribution >= 4 is 17.2 Å². The number of pyridine rings is 1. The lowest BCUT2D eigenvalue weighted by Gasteiger charge is -2.38. The quantitative estimate of drug-likeness (QED) is 0.865. The van der Waals surface area contributed by atoms with Gasteiger partial charge in [-0.15, -0.1) is 0 Å². The van der Waals surface area contributed by atoms with Gasteiger partial charge in [0.25, 0.3) is 0 Å². The number of carbonyl (C=O) groups is 1. The number of rotatable bonds is 4. The van der Waals surface area contributed by atoms with Gasteiger partial charge in [-0.05, 0) is 47.9 Å². The number of hydrogen-bond donors (Lipinski definition) is 0. The van der Waals surface area contributed by atoms with Crippen LogP contribution in [0.5, 0.6) is 0 Å². The summed E-state index contributed by atoms with van der Waals surface area (Å²) in [5.41, 5.74) is 3.35. The van der Waals surface area contributed by atoms with Gasteiger partial charge < -0.3 is 4.90 Å². The predicted octanol–water partition coefficient (Wildman–Crippen LogP) is 2.90. The first kappa shape index (κ1) is 16.1. The third kappa shape index (κ3) is 3.98. The Kier molecular flexibility index (Phi) is 5.08. The molecule has 1 fully saturated rings. The Bertz CT molecular complexity index is 631. The number of hydrogen-bond acceptors (Lipinski definition) is 4. The molecule has 3 rings (SSSR count). The van der Waals surface area contributed by atoms with Gasteiger partial charge in [0, 0.05) is 44.1 Å². The van der Waals surface area contributed by atoms with E-state index in [4.69, 9.17) is 0 Å². The highest BCUT2D eigenvalue weighted by Crippen LogP contribution is 2.23. The van der Waals surface area contributed by atoms with Crippen molar-refractivity contribution in [1.29, 1.82) is 0 Å². The summed E-state index contributed by atoms with van der Waals surface area (Å²) in [7, 11) is 0. The van der Waals surface area contributed by atoms with E-state index in [0.717, 1.165) is 37.4 Å². The Labute approximate surface area is 141 Å². The van der Waals surface area contributed by atoms with Crippen molar-refractivity contribution in [2.75, 3.05) is 26.2 Å². The van der Waals surface area contributed by atoms with Crippen LogP contribution in [-0.4, -0.2) is 46.9 Å². The molecular weight excluding hydrogens is 306 g/mol. The summed E-state index contributed by atoms with van der Waals surface area (Å²) in [6, 6.07) is 6.58. The van der Waals surface area contributed by atoms with E-state index in [1.807, 2.05) is 30.2 Å². The van der Waals surface area contributed by atoms with Crippen LogP contribution in [-0.2, 0) is 11.2 Å². The largest absolute Gasteiger partial charge is 0.340 e. The van der Waals surface area contributed by atoms with Crippen LogP contribution >= 0.6 is 11.3 Å². The van der Waals surface area contributed by atoms with E-state index in [1.165, 1.54) is 5.56 Å². The standard InChI is InChI=1S/C18H23N3OS/c1-14-3-4-16(12-19-14)11-18(22)21-8-6-20(7-9-21)15(2)17-5-10-23-13-17/h3-5,10,12-13,15H,6-9,11H2,1-2H3. The Morgan fingerprint density at radius 1 is 1.26 bits per heavy atom. The number of nitrogens with zero attached hydrogens (tertiary/aromatic N) is 3. The molecular formula is C18H23N3OS. The van der Waals surface area contributed by atoms with Crippen LogP contribution in [0.15, 0.2) is 35.2 Å². The molecule has 0 radical (unpaired) electrons. The van der Waals surface area contributed by atoms with E-state index in [0.29, 0.717) is 12.5 Å². The molecule has 4 nitrogen and oxygen atoms in total. The third-order valence-corrected chi connectivity index (χ3v) is 5.27. The predicted molar refractivity (Wildman–Crippen MR) is 93.6 cm³/mol. The molecule has 2 aromatic rings. The SMILES string of the molecule is Cc1ccc(CC(=O)N2CCN(C(C)c3ccsc3)CC2)cn1. The van der Waals surface area contributed by atoms with Crippen molar-refractivity contribution in [3.63, 3.8) is 0 Å². The smallest absolute Gasteiger partial charge is 0.227 e. The van der Waals surface area contributed by atoms with E-state index >= 15 is 0 Å². The molecule has 1 aliphatic heterocycles. The number of carbonyl (C=O) groups excluding carboxylic acids is 1. The number of aromatic nitrogens is 1. The monoisotopic (exact) mass is 329 g/mol. The first-order valence-corrected chi connectivity index (χ1v) is 9.03. The Morgan fingerprint density at radius 2 is 2.04 bits per heavy atom. The van der Waals surface area contributed by atoms with Gasteiger partial charge in [-0.3, -0.25) is 14.7 Å². The van der Waals surface area contributed by atoms with Crippen molar-refractivity contribution in [1.82, 2.24) is 14.8 Å². The van der Waals surface area contributed by atoms with E-state index in [9.17, 15) is 4.79 Å². The number of aryl methyl sites for hydroxylation is 1. The Hall–Kier alpha value is -1.72. The van der Waals surface area contributed by atoms with E-state index in [2.05, 4.69) is 33.6 Å². The van der Waals surface area contributed by atoms with Crippen molar-refractivity contribution in [2.24, 2.45) is 0 Å². The summed E-state index contributed by atoms with van der Waals surface area (Å²) < 4.78 is 0. The van der Waals surface area contributed by atoms with Gasteiger partial charge in [-0.1, -0.05) is 6.07 Å². The number of piperazine rings is 1. The maximum atomic E-state index is 12.4. The minimum Gasteiger partial charge on any atom is -0.340 e. The summed E-state index contributed by atoms with van der Waals surface area (Å²) in [6.45, 7) is 7.71. The van der Waals surface area contributed by atoms with Gasteiger partial charge in [-0.2, -0.15) is 11.3 Å². The first-order chi connectivity index (χ1) is 11.1. The Balaban J connectivity index is 1.52. The minimum atomic E-state index is 0.207. The van der Waals surface area contributed by atoms with Crippen molar-refractivity contribution < 1.29 is 4.79 Å². The third-order valence-electron chi connectivity index (χ3n) is 4.57. The molecule has 3 heterocycles. The molecule has 1 amide bonds. The zero-order chi connectivity index (χ0) is 16.2. The van der Waals surface area contributed by atoms with Crippen LogP contribution in [0.4, 0.5) is 0 Å². The second-order valence-electron chi connectivity index (χ2n) is 6.13. The Morgan fingerprint density at radius 3 is 2.65 bits per heavy atom. The molecule has 1 unspecified atom stereocenters. The lowest BCUT2D eigenvalue weighted by Crippen LogP contribution is -2.49. The van der Waals surface area contributed by atoms with Gasteiger partial charge in [0.05, 0.1) is 6.42 Å². The molecule has 1 saturated heterocycles. The second kappa shape index (κ2) is 7.23. The van der Waals surface area contributed by atoms with Crippen LogP contribution in [0.25, 0.3) is 0 Å². The second-order valence-corrected chi connectivity index (χ2v) is 6.91. The molecule has 0 saturated carbocycles. The van der Waals surface area contributed by atoms with Crippen LogP contribution < -0.4 is 0 Å². The highest BCUT2D eigenvalue weighted by atomic mass is 32.1. The first-order valence-electron chi connectivity index (χ1n) is 8.09. The fourth-order valence-electron chi connectivity index (χ4n) is 2.97. The molecule has 0 N–H and O–H groups in total. The molecule has 0 spiro atoms. The normalized spacial score (nSPS) is 17.2. The molecule has 0 aromatic carbocycles. The number of amides is 1. The van der Waals surface area contributed by atoms with Crippen molar-refractivity contribution in [3.05, 3.63) is 52.0 Å². The zero-order valence-corrected chi connectivity index (χ0v) is 14.6. The zero-order valence-electron chi connectivity index (χ0n) is 13.7. The van der Waals surface area contributed by atoms with Crippen molar-refractivity contribution in [2.45, 2.75) is 26.3 Å². The summed E-state index contributed by atoms with van der Waals surface area (Å²) in [5, 5.41) is 4.34. The molecule has 2 aromatic heterocycles. The number of thiophene rings is 1. The molecule has 0 aliphatic carbocycles. The summed E-state index contributed by atoms with van der Waals surface area (Å²) in [6.07, 6.45) is 2.26. The molecule has 122 valence electrons. The summed E-state index contributed by atoms with van der Waals surface area (Å²) in [5.74, 6) is 0.207. The van der Waals surface area contributed by atoms with Crippen LogP contribution in [0.1, 0.15) is 29.8 Å². The van der Waals surface area contributed by atoms with Gasteiger partial charge in [0.1, 0.15) is 0 Å². The maximum absolute atomic E-state index is 12.4. The minimum absolute atomic E-state index is 0.207. The van der Waals surface area contributed by atoms with Gasteiger partial charge in [-0.25, -0.2) is 0 Å². The average Bonchev–Trinajstić information content (AvgIpc) is 3.11. The van der Waals surface area contributed by atoms with E-state index in [1.54, 1.807) is 11.3 Å². The fourth-order valence-corrected chi connectivity index (χ4v) is 3.72. The molecule has 23 heavy (non-hydrogen) atoms. The lowest BCUT2D eigenvalue weighted by atomic mass is 10.1. The average molecular weight is 329 g/mol. The molecule has 1 atom stereocenters. The van der Waals surface area contributed by atoms with E-state index in [-0.39, 0.29) is 5.91 Å². The van der Waals surface area contributed by atoms with Crippen molar-refractivity contribution in [3.8, 4) is 0 Å². The lowest BCUT2D eigenvalue weighted by molar-refractivity contribution is -0.132. The van der Waals surface area contributed by atoms with Crippen LogP contribution in [0.2, 0.25) is 0 Å². The van der Waals surface area contributed by atoms with Crippen LogP contribution in [0.3, 0.4) is 0 Å². The summed E-state index contributed by atoms with van der Waals surface area (Å²) >= 11 is 1.74. The van der Waals surface area contributed by atoms with Crippen LogP contribution in [0, 0.1) is 6.92 Å². The molecule has 5 heteroatoms. The van der Waals surface area contributed by atoms with Gasteiger partial charge in [0.2, 0.25) is 5.91 Å². The topological polar surface area (TPSA) is 36.4 Å². The molecule has 1 aliphatic rings. The highest BCUT2D eigenvalue weighted by Gasteiger charge is 2.24.